The minimum atomic E-state index is -0.527. The third-order valence-corrected chi connectivity index (χ3v) is 7.49. The van der Waals surface area contributed by atoms with Crippen molar-refractivity contribution in [2.75, 3.05) is 17.7 Å². The maximum absolute atomic E-state index is 13.3. The lowest BCUT2D eigenvalue weighted by atomic mass is 10.1. The number of nitrogens with two attached hydrogens (primary N) is 1. The van der Waals surface area contributed by atoms with Crippen molar-refractivity contribution < 1.29 is 9.90 Å². The van der Waals surface area contributed by atoms with Crippen LogP contribution in [0.3, 0.4) is 0 Å². The number of aliphatic hydroxyl groups is 1. The maximum atomic E-state index is 13.3. The molecule has 0 aliphatic carbocycles. The summed E-state index contributed by atoms with van der Waals surface area (Å²) in [5.74, 6) is 0.556. The van der Waals surface area contributed by atoms with Gasteiger partial charge in [0.1, 0.15) is 12.1 Å². The number of hydrogen-bond donors (Lipinski definition) is 4. The number of pyridine rings is 1. The van der Waals surface area contributed by atoms with Crippen LogP contribution in [0.2, 0.25) is 0 Å². The number of aromatic nitrogens is 3. The highest BCUT2D eigenvalue weighted by Crippen LogP contribution is 2.37. The second-order valence-corrected chi connectivity index (χ2v) is 10.7. The van der Waals surface area contributed by atoms with Crippen LogP contribution in [0.25, 0.3) is 11.0 Å². The molecule has 1 unspecified atom stereocenters. The smallest absolute Gasteiger partial charge is 0.251 e. The Balaban J connectivity index is 1.50. The van der Waals surface area contributed by atoms with Gasteiger partial charge in [0.2, 0.25) is 0 Å². The molecule has 1 amide bonds. The predicted octanol–water partition coefficient (Wildman–Crippen LogP) is 6.09. The molecule has 0 saturated heterocycles. The van der Waals surface area contributed by atoms with E-state index >= 15 is 0 Å². The fraction of sp³-hybridized carbons (Fsp3) is 0.161. The number of anilines is 3. The molecular weight excluding hydrogens is 520 g/mol. The fourth-order valence-corrected chi connectivity index (χ4v) is 5.07. The second kappa shape index (κ2) is 12.1. The van der Waals surface area contributed by atoms with E-state index in [2.05, 4.69) is 34.4 Å². The zero-order valence-corrected chi connectivity index (χ0v) is 23.0. The summed E-state index contributed by atoms with van der Waals surface area (Å²) >= 11 is 1.54. The molecule has 0 aliphatic rings. The number of hydrogen-bond acceptors (Lipinski definition) is 8. The van der Waals surface area contributed by atoms with E-state index in [1.807, 2.05) is 72.8 Å². The number of aliphatic hydroxyl groups excluding tert-OH is 1. The Morgan fingerprint density at radius 1 is 0.975 bits per heavy atom. The molecule has 5 rings (SSSR count). The number of nitrogens with one attached hydrogen (secondary N) is 2. The molecule has 8 nitrogen and oxygen atoms in total. The summed E-state index contributed by atoms with van der Waals surface area (Å²) in [5.41, 5.74) is 10.1. The van der Waals surface area contributed by atoms with Gasteiger partial charge < -0.3 is 21.5 Å². The number of carbonyl (C=O) groups excluding carboxylic acids is 1. The lowest BCUT2D eigenvalue weighted by Crippen LogP contribution is -2.30. The van der Waals surface area contributed by atoms with Crippen LogP contribution in [-0.4, -0.2) is 32.6 Å². The van der Waals surface area contributed by atoms with Crippen LogP contribution in [0, 0.1) is 0 Å². The van der Waals surface area contributed by atoms with Crippen molar-refractivity contribution in [2.24, 2.45) is 0 Å². The van der Waals surface area contributed by atoms with E-state index in [-0.39, 0.29) is 18.4 Å². The summed E-state index contributed by atoms with van der Waals surface area (Å²) < 4.78 is 0. The molecule has 40 heavy (non-hydrogen) atoms. The molecule has 9 heteroatoms. The van der Waals surface area contributed by atoms with Crippen LogP contribution in [0.5, 0.6) is 0 Å². The summed E-state index contributed by atoms with van der Waals surface area (Å²) in [6.07, 6.45) is 1.48. The Morgan fingerprint density at radius 2 is 1.75 bits per heavy atom. The van der Waals surface area contributed by atoms with E-state index in [0.717, 1.165) is 26.4 Å². The first-order valence-electron chi connectivity index (χ1n) is 12.9. The zero-order chi connectivity index (χ0) is 28.1. The Labute approximate surface area is 237 Å². The summed E-state index contributed by atoms with van der Waals surface area (Å²) in [4.78, 5) is 28.8. The molecular formula is C31H30N6O2S. The number of carbonyl (C=O) groups is 1. The highest BCUT2D eigenvalue weighted by molar-refractivity contribution is 7.99. The molecule has 0 radical (unpaired) electrons. The molecule has 5 N–H and O–H groups in total. The molecule has 0 fully saturated rings. The summed E-state index contributed by atoms with van der Waals surface area (Å²) in [6, 6.07) is 25.9. The molecule has 2 aromatic heterocycles. The maximum Gasteiger partial charge on any atom is 0.251 e. The predicted molar refractivity (Wildman–Crippen MR) is 160 cm³/mol. The number of amides is 1. The van der Waals surface area contributed by atoms with Crippen molar-refractivity contribution in [3.05, 3.63) is 108 Å². The summed E-state index contributed by atoms with van der Waals surface area (Å²) in [5, 5.41) is 17.1. The third-order valence-electron chi connectivity index (χ3n) is 6.40. The van der Waals surface area contributed by atoms with Crippen molar-refractivity contribution in [1.82, 2.24) is 20.3 Å². The van der Waals surface area contributed by atoms with Crippen LogP contribution >= 0.6 is 11.8 Å². The van der Waals surface area contributed by atoms with Crippen molar-refractivity contribution in [1.29, 1.82) is 0 Å². The van der Waals surface area contributed by atoms with Crippen LogP contribution < -0.4 is 16.4 Å². The average molecular weight is 551 g/mol. The highest BCUT2D eigenvalue weighted by atomic mass is 32.2. The highest BCUT2D eigenvalue weighted by Gasteiger charge is 2.18. The molecule has 3 aromatic carbocycles. The van der Waals surface area contributed by atoms with Crippen LogP contribution in [0.4, 0.5) is 17.2 Å². The van der Waals surface area contributed by atoms with Gasteiger partial charge in [0.25, 0.3) is 5.91 Å². The van der Waals surface area contributed by atoms with E-state index in [9.17, 15) is 9.90 Å². The summed E-state index contributed by atoms with van der Waals surface area (Å²) in [6.45, 7) is 3.96. The number of fused-ring (bicyclic) bond motifs is 1. The minimum Gasteiger partial charge on any atom is -0.399 e. The van der Waals surface area contributed by atoms with E-state index in [4.69, 9.17) is 10.7 Å². The van der Waals surface area contributed by atoms with Gasteiger partial charge >= 0.3 is 0 Å². The first kappa shape index (κ1) is 27.1. The van der Waals surface area contributed by atoms with Crippen molar-refractivity contribution in [3.8, 4) is 0 Å². The Kier molecular flexibility index (Phi) is 8.23. The third kappa shape index (κ3) is 6.22. The zero-order valence-electron chi connectivity index (χ0n) is 22.2. The molecule has 202 valence electrons. The molecule has 0 saturated carbocycles. The van der Waals surface area contributed by atoms with E-state index in [1.54, 1.807) is 23.9 Å². The summed E-state index contributed by atoms with van der Waals surface area (Å²) in [7, 11) is 0. The van der Waals surface area contributed by atoms with Crippen LogP contribution in [0.15, 0.2) is 101 Å². The first-order chi connectivity index (χ1) is 19.4. The SMILES string of the molecule is CC(C)c1ccc2c(Nc3cc(C(=O)NC(CO)c4ccccc4)ccc3Sc3ccc(N)cc3)ncnc2n1. The van der Waals surface area contributed by atoms with Gasteiger partial charge in [-0.3, -0.25) is 4.79 Å². The van der Waals surface area contributed by atoms with Crippen molar-refractivity contribution >= 4 is 45.9 Å². The van der Waals surface area contributed by atoms with Gasteiger partial charge in [-0.2, -0.15) is 0 Å². The largest absolute Gasteiger partial charge is 0.399 e. The van der Waals surface area contributed by atoms with Gasteiger partial charge in [-0.15, -0.1) is 0 Å². The van der Waals surface area contributed by atoms with E-state index < -0.39 is 6.04 Å². The molecule has 2 heterocycles. The van der Waals surface area contributed by atoms with Crippen molar-refractivity contribution in [2.45, 2.75) is 35.6 Å². The van der Waals surface area contributed by atoms with Gasteiger partial charge in [0.15, 0.2) is 5.65 Å². The van der Waals surface area contributed by atoms with Crippen LogP contribution in [-0.2, 0) is 0 Å². The average Bonchev–Trinajstić information content (AvgIpc) is 2.98. The topological polar surface area (TPSA) is 126 Å². The van der Waals surface area contributed by atoms with Gasteiger partial charge in [-0.1, -0.05) is 55.9 Å². The Morgan fingerprint density at radius 3 is 2.48 bits per heavy atom. The van der Waals surface area contributed by atoms with E-state index in [1.165, 1.54) is 6.33 Å². The number of rotatable bonds is 9. The number of nitrogens with zero attached hydrogens (tertiary/aromatic N) is 3. The lowest BCUT2D eigenvalue weighted by molar-refractivity contribution is 0.0916. The van der Waals surface area contributed by atoms with Gasteiger partial charge in [-0.05, 0) is 66.1 Å². The second-order valence-electron chi connectivity index (χ2n) is 9.61. The molecule has 0 aliphatic heterocycles. The Bertz CT molecular complexity index is 1630. The number of nitrogen functional groups attached to an aromatic ring is 1. The standard InChI is InChI=1S/C31H30N6O2S/c1-19(2)25-14-13-24-29(35-25)33-18-34-30(24)36-26-16-21(8-15-28(26)40-23-11-9-22(32)10-12-23)31(39)37-27(17-38)20-6-4-3-5-7-20/h3-16,18-19,27,38H,17,32H2,1-2H3,(H,37,39)(H,33,34,35,36). The monoisotopic (exact) mass is 550 g/mol. The van der Waals surface area contributed by atoms with Crippen molar-refractivity contribution in [3.63, 3.8) is 0 Å². The molecule has 0 bridgehead atoms. The molecule has 1 atom stereocenters. The van der Waals surface area contributed by atoms with Gasteiger partial charge in [0.05, 0.1) is 23.7 Å². The van der Waals surface area contributed by atoms with Gasteiger partial charge in [0, 0.05) is 26.7 Å². The van der Waals surface area contributed by atoms with Crippen LogP contribution in [0.1, 0.15) is 47.4 Å². The Hall–Kier alpha value is -4.47. The minimum absolute atomic E-state index is 0.218. The molecule has 5 aromatic rings. The lowest BCUT2D eigenvalue weighted by Gasteiger charge is -2.18. The van der Waals surface area contributed by atoms with Gasteiger partial charge in [-0.25, -0.2) is 15.0 Å². The van der Waals surface area contributed by atoms with E-state index in [0.29, 0.717) is 28.4 Å². The quantitative estimate of drug-likeness (QED) is 0.163. The number of benzene rings is 3. The fourth-order valence-electron chi connectivity index (χ4n) is 4.19. The first-order valence-corrected chi connectivity index (χ1v) is 13.8. The normalized spacial score (nSPS) is 11.9. The molecule has 0 spiro atoms.